The number of primary amides is 1. The van der Waals surface area contributed by atoms with Gasteiger partial charge in [0.05, 0.1) is 11.3 Å². The Kier molecular flexibility index (Phi) is 11.3. The van der Waals surface area contributed by atoms with Crippen LogP contribution in [0.5, 0.6) is 0 Å². The molecule has 0 radical (unpaired) electrons. The number of esters is 1. The molecule has 4 N–H and O–H groups in total. The average molecular weight is 720 g/mol. The predicted molar refractivity (Wildman–Crippen MR) is 189 cm³/mol. The Labute approximate surface area is 297 Å². The zero-order chi connectivity index (χ0) is 36.0. The van der Waals surface area contributed by atoms with E-state index < -0.39 is 53.1 Å². The number of allylic oxidation sites excluding steroid dienone is 1. The standard InChI is InChI=1S/C35H37N5O8S2/c1-5-12-23(24-19-50-33(37-24)39-34(45)48-35(2,3)4)28(41)38-25-29(42)40-26(22(17-46-32(36)44)18-49-30(25)40)31(43)47-27(20-13-8-6-9-14-20)21-15-10-7-11-16-21/h6-16,19,25,27,30H,5,17-18H2,1-4H3,(H2,36,44)(H,38,41)(H,37,39,45)/t25-,30+/m1/s1. The van der Waals surface area contributed by atoms with Crippen LogP contribution in [0.2, 0.25) is 0 Å². The first-order chi connectivity index (χ1) is 23.9. The van der Waals surface area contributed by atoms with Gasteiger partial charge in [0.1, 0.15) is 29.3 Å². The van der Waals surface area contributed by atoms with Gasteiger partial charge in [0, 0.05) is 16.7 Å². The first kappa shape index (κ1) is 36.1. The van der Waals surface area contributed by atoms with Crippen LogP contribution in [0.4, 0.5) is 14.7 Å². The van der Waals surface area contributed by atoms with E-state index in [-0.39, 0.29) is 28.8 Å². The molecular weight excluding hydrogens is 683 g/mol. The minimum atomic E-state index is -1.04. The summed E-state index contributed by atoms with van der Waals surface area (Å²) in [6.45, 7) is 6.74. The van der Waals surface area contributed by atoms with Crippen molar-refractivity contribution in [2.24, 2.45) is 5.73 Å². The summed E-state index contributed by atoms with van der Waals surface area (Å²) in [6.07, 6.45) is -0.355. The third-order valence-electron chi connectivity index (χ3n) is 7.39. The number of nitrogens with two attached hydrogens (primary N) is 1. The van der Waals surface area contributed by atoms with Crippen LogP contribution in [-0.2, 0) is 28.6 Å². The summed E-state index contributed by atoms with van der Waals surface area (Å²) in [4.78, 5) is 70.7. The van der Waals surface area contributed by atoms with Crippen molar-refractivity contribution in [1.29, 1.82) is 0 Å². The quantitative estimate of drug-likeness (QED) is 0.101. The van der Waals surface area contributed by atoms with Gasteiger partial charge in [0.25, 0.3) is 11.8 Å². The third-order valence-corrected chi connectivity index (χ3v) is 9.48. The van der Waals surface area contributed by atoms with E-state index in [1.54, 1.807) is 32.2 Å². The molecule has 0 unspecified atom stereocenters. The topological polar surface area (TPSA) is 179 Å². The van der Waals surface area contributed by atoms with Crippen molar-refractivity contribution in [1.82, 2.24) is 15.2 Å². The summed E-state index contributed by atoms with van der Waals surface area (Å²) in [6, 6.07) is 17.3. The molecule has 13 nitrogen and oxygen atoms in total. The molecule has 3 heterocycles. The van der Waals surface area contributed by atoms with Crippen LogP contribution in [0.3, 0.4) is 0 Å². The van der Waals surface area contributed by atoms with Crippen LogP contribution in [0.1, 0.15) is 57.0 Å². The number of carbonyl (C=O) groups excluding carboxylic acids is 5. The van der Waals surface area contributed by atoms with Crippen LogP contribution < -0.4 is 16.4 Å². The number of hydrogen-bond acceptors (Lipinski definition) is 11. The summed E-state index contributed by atoms with van der Waals surface area (Å²) >= 11 is 2.41. The summed E-state index contributed by atoms with van der Waals surface area (Å²) in [7, 11) is 0. The van der Waals surface area contributed by atoms with E-state index in [1.165, 1.54) is 16.7 Å². The van der Waals surface area contributed by atoms with E-state index in [4.69, 9.17) is 19.9 Å². The second kappa shape index (κ2) is 15.6. The van der Waals surface area contributed by atoms with Gasteiger partial charge in [-0.15, -0.1) is 23.1 Å². The number of hydrogen-bond donors (Lipinski definition) is 3. The fraction of sp³-hybridized carbons (Fsp3) is 0.314. The molecule has 50 heavy (non-hydrogen) atoms. The molecule has 0 bridgehead atoms. The van der Waals surface area contributed by atoms with Crippen molar-refractivity contribution in [2.75, 3.05) is 17.7 Å². The Morgan fingerprint density at radius 3 is 2.28 bits per heavy atom. The maximum atomic E-state index is 14.0. The molecule has 2 aromatic carbocycles. The number of nitrogens with zero attached hydrogens (tertiary/aromatic N) is 2. The van der Waals surface area contributed by atoms with Crippen LogP contribution in [0, 0.1) is 0 Å². The molecule has 1 saturated heterocycles. The molecule has 2 aliphatic heterocycles. The lowest BCUT2D eigenvalue weighted by Gasteiger charge is -2.49. The Bertz CT molecular complexity index is 1780. The van der Waals surface area contributed by atoms with Gasteiger partial charge in [-0.3, -0.25) is 19.8 Å². The second-order valence-electron chi connectivity index (χ2n) is 12.2. The van der Waals surface area contributed by atoms with Gasteiger partial charge in [-0.25, -0.2) is 19.4 Å². The summed E-state index contributed by atoms with van der Waals surface area (Å²) in [5, 5.41) is 6.57. The molecule has 2 aliphatic rings. The van der Waals surface area contributed by atoms with Crippen molar-refractivity contribution >= 4 is 63.8 Å². The number of amides is 4. The molecule has 262 valence electrons. The molecule has 3 aromatic rings. The zero-order valence-electron chi connectivity index (χ0n) is 27.8. The largest absolute Gasteiger partial charge is 0.448 e. The lowest BCUT2D eigenvalue weighted by molar-refractivity contribution is -0.154. The molecule has 4 amide bonds. The van der Waals surface area contributed by atoms with Crippen molar-refractivity contribution in [3.8, 4) is 0 Å². The number of β-lactam (4-membered cyclic amide) rings is 1. The number of carbonyl (C=O) groups is 5. The highest BCUT2D eigenvalue weighted by molar-refractivity contribution is 8.00. The Morgan fingerprint density at radius 1 is 1.06 bits per heavy atom. The van der Waals surface area contributed by atoms with Gasteiger partial charge in [-0.05, 0) is 38.3 Å². The van der Waals surface area contributed by atoms with E-state index in [0.717, 1.165) is 11.3 Å². The maximum absolute atomic E-state index is 14.0. The van der Waals surface area contributed by atoms with Crippen molar-refractivity contribution < 1.29 is 38.2 Å². The molecule has 5 rings (SSSR count). The van der Waals surface area contributed by atoms with Crippen LogP contribution in [0.15, 0.2) is 83.4 Å². The zero-order valence-corrected chi connectivity index (χ0v) is 29.5. The van der Waals surface area contributed by atoms with E-state index >= 15 is 0 Å². The summed E-state index contributed by atoms with van der Waals surface area (Å²) in [5.74, 6) is -1.70. The van der Waals surface area contributed by atoms with Crippen LogP contribution >= 0.6 is 23.1 Å². The lowest BCUT2D eigenvalue weighted by Crippen LogP contribution is -2.70. The van der Waals surface area contributed by atoms with E-state index in [9.17, 15) is 24.0 Å². The minimum Gasteiger partial charge on any atom is -0.448 e. The highest BCUT2D eigenvalue weighted by atomic mass is 32.2. The number of aromatic nitrogens is 1. The first-order valence-electron chi connectivity index (χ1n) is 15.7. The Morgan fingerprint density at radius 2 is 1.70 bits per heavy atom. The fourth-order valence-corrected chi connectivity index (χ4v) is 7.29. The second-order valence-corrected chi connectivity index (χ2v) is 14.2. The van der Waals surface area contributed by atoms with E-state index in [0.29, 0.717) is 28.8 Å². The third kappa shape index (κ3) is 8.52. The normalized spacial score (nSPS) is 17.4. The molecule has 15 heteroatoms. The Hall–Kier alpha value is -5.15. The van der Waals surface area contributed by atoms with Gasteiger partial charge in [-0.2, -0.15) is 0 Å². The Balaban J connectivity index is 1.35. The number of nitrogens with one attached hydrogen (secondary N) is 2. The minimum absolute atomic E-state index is 0.0657. The number of ether oxygens (including phenoxy) is 3. The van der Waals surface area contributed by atoms with Crippen molar-refractivity contribution in [2.45, 2.75) is 57.2 Å². The van der Waals surface area contributed by atoms with Crippen LogP contribution in [0.25, 0.3) is 5.57 Å². The number of rotatable bonds is 11. The number of anilines is 1. The van der Waals surface area contributed by atoms with Gasteiger partial charge in [0.15, 0.2) is 11.2 Å². The van der Waals surface area contributed by atoms with Gasteiger partial charge >= 0.3 is 18.2 Å². The van der Waals surface area contributed by atoms with Gasteiger partial charge in [-0.1, -0.05) is 73.7 Å². The smallest absolute Gasteiger partial charge is 0.413 e. The molecule has 0 spiro atoms. The van der Waals surface area contributed by atoms with E-state index in [2.05, 4.69) is 15.6 Å². The molecule has 0 aliphatic carbocycles. The SMILES string of the molecule is CCC=C(C(=O)N[C@@H]1C(=O)N2C(C(=O)OC(c3ccccc3)c3ccccc3)=C(COC(N)=O)CS[C@@H]12)c1csc(NC(=O)OC(C)(C)C)n1. The fourth-order valence-electron chi connectivity index (χ4n) is 5.27. The number of fused-ring (bicyclic) bond motifs is 1. The predicted octanol–water partition coefficient (Wildman–Crippen LogP) is 5.37. The molecular formula is C35H37N5O8S2. The number of thioether (sulfide) groups is 1. The highest BCUT2D eigenvalue weighted by Crippen LogP contribution is 2.42. The summed E-state index contributed by atoms with van der Waals surface area (Å²) in [5.41, 5.74) is 6.75. The first-order valence-corrected chi connectivity index (χ1v) is 17.7. The number of benzene rings is 2. The van der Waals surface area contributed by atoms with Crippen LogP contribution in [-0.4, -0.2) is 69.2 Å². The van der Waals surface area contributed by atoms with Gasteiger partial charge < -0.3 is 25.3 Å². The molecule has 1 fully saturated rings. The monoisotopic (exact) mass is 719 g/mol. The van der Waals surface area contributed by atoms with E-state index in [1.807, 2.05) is 67.6 Å². The molecule has 2 atom stereocenters. The van der Waals surface area contributed by atoms with Gasteiger partial charge in [0.2, 0.25) is 0 Å². The molecule has 0 saturated carbocycles. The lowest BCUT2D eigenvalue weighted by atomic mass is 10.0. The molecule has 1 aromatic heterocycles. The highest BCUT2D eigenvalue weighted by Gasteiger charge is 2.55. The maximum Gasteiger partial charge on any atom is 0.413 e. The summed E-state index contributed by atoms with van der Waals surface area (Å²) < 4.78 is 16.4. The van der Waals surface area contributed by atoms with Crippen molar-refractivity contribution in [3.05, 3.63) is 100 Å². The van der Waals surface area contributed by atoms with Crippen molar-refractivity contribution in [3.63, 3.8) is 0 Å². The number of thiazole rings is 1. The average Bonchev–Trinajstić information content (AvgIpc) is 3.54.